The molecule has 0 amide bonds. The van der Waals surface area contributed by atoms with Crippen molar-refractivity contribution in [2.45, 2.75) is 110 Å². The van der Waals surface area contributed by atoms with E-state index in [0.29, 0.717) is 24.7 Å². The number of allylic oxidation sites excluding steroid dienone is 4. The lowest BCUT2D eigenvalue weighted by molar-refractivity contribution is -0.0554. The van der Waals surface area contributed by atoms with Crippen LogP contribution in [0.3, 0.4) is 0 Å². The highest BCUT2D eigenvalue weighted by molar-refractivity contribution is 5.36. The number of hydrogen-bond acceptors (Lipinski definition) is 3. The van der Waals surface area contributed by atoms with Gasteiger partial charge in [0, 0.05) is 8.22 Å². The molecular weight excluding hydrogens is 372 g/mol. The van der Waals surface area contributed by atoms with Crippen LogP contribution in [0.5, 0.6) is 0 Å². The lowest BCUT2D eigenvalue weighted by atomic mass is 9.60. The number of rotatable bonds is 6. The van der Waals surface area contributed by atoms with Crippen LogP contribution >= 0.6 is 0 Å². The molecule has 3 fully saturated rings. The largest absolute Gasteiger partial charge is 0.393 e. The molecule has 0 aromatic rings. The van der Waals surface area contributed by atoms with Crippen molar-refractivity contribution in [3.63, 3.8) is 0 Å². The Bertz CT molecular complexity index is 860. The Hall–Kier alpha value is -0.900. The minimum absolute atomic E-state index is 0.0784. The van der Waals surface area contributed by atoms with E-state index in [1.807, 2.05) is 0 Å². The highest BCUT2D eigenvalue weighted by Gasteiger charge is 2.50. The third kappa shape index (κ3) is 5.11. The Kier molecular flexibility index (Phi) is 5.18. The Morgan fingerprint density at radius 2 is 2.00 bits per heavy atom. The quantitative estimate of drug-likeness (QED) is 0.514. The van der Waals surface area contributed by atoms with Crippen LogP contribution in [0.4, 0.5) is 0 Å². The highest BCUT2D eigenvalue weighted by atomic mass is 16.3. The Morgan fingerprint density at radius 3 is 2.73 bits per heavy atom. The average Bonchev–Trinajstić information content (AvgIpc) is 3.13. The third-order valence-electron chi connectivity index (χ3n) is 8.29. The second kappa shape index (κ2) is 9.30. The van der Waals surface area contributed by atoms with Gasteiger partial charge in [0.2, 0.25) is 0 Å². The molecule has 0 radical (unpaired) electrons. The maximum Gasteiger partial charge on any atom is 0.0849 e. The van der Waals surface area contributed by atoms with Crippen molar-refractivity contribution in [3.8, 4) is 0 Å². The van der Waals surface area contributed by atoms with Crippen molar-refractivity contribution >= 4 is 0 Å². The fraction of sp³-hybridized carbons (Fsp3) is 0.778. The van der Waals surface area contributed by atoms with Gasteiger partial charge in [-0.1, -0.05) is 43.7 Å². The first-order valence-corrected chi connectivity index (χ1v) is 11.7. The smallest absolute Gasteiger partial charge is 0.0849 e. The zero-order chi connectivity index (χ0) is 27.1. The van der Waals surface area contributed by atoms with Crippen LogP contribution in [0.1, 0.15) is 100.0 Å². The fourth-order valence-corrected chi connectivity index (χ4v) is 6.44. The normalized spacial score (nSPS) is 41.2. The van der Waals surface area contributed by atoms with Gasteiger partial charge in [0.1, 0.15) is 0 Å². The van der Waals surface area contributed by atoms with E-state index in [1.54, 1.807) is 0 Å². The van der Waals surface area contributed by atoms with Crippen molar-refractivity contribution < 1.29 is 23.5 Å². The molecule has 3 N–H and O–H groups in total. The summed E-state index contributed by atoms with van der Waals surface area (Å²) in [5.41, 5.74) is 0.633. The molecular formula is C27H44O3. The Morgan fingerprint density at radius 1 is 1.23 bits per heavy atom. The van der Waals surface area contributed by atoms with Gasteiger partial charge in [-0.05, 0) is 107 Å². The van der Waals surface area contributed by atoms with Gasteiger partial charge >= 0.3 is 0 Å². The van der Waals surface area contributed by atoms with Crippen molar-refractivity contribution in [3.05, 3.63) is 35.5 Å². The summed E-state index contributed by atoms with van der Waals surface area (Å²) in [6.45, 7) is 2.17. The Balaban J connectivity index is 1.71. The van der Waals surface area contributed by atoms with E-state index >= 15 is 0 Å². The molecule has 0 heterocycles. The topological polar surface area (TPSA) is 60.7 Å². The molecule has 0 saturated heterocycles. The van der Waals surface area contributed by atoms with Crippen LogP contribution < -0.4 is 0 Å². The molecule has 3 rings (SSSR count). The van der Waals surface area contributed by atoms with Gasteiger partial charge in [0.05, 0.1) is 17.8 Å². The van der Waals surface area contributed by atoms with E-state index < -0.39 is 25.4 Å². The Labute approximate surface area is 192 Å². The van der Waals surface area contributed by atoms with Crippen LogP contribution in [0.25, 0.3) is 0 Å². The molecule has 3 aliphatic carbocycles. The van der Waals surface area contributed by atoms with Gasteiger partial charge in [-0.2, -0.15) is 0 Å². The van der Waals surface area contributed by atoms with E-state index in [0.717, 1.165) is 56.1 Å². The third-order valence-corrected chi connectivity index (χ3v) is 8.29. The van der Waals surface area contributed by atoms with Crippen molar-refractivity contribution in [2.24, 2.45) is 23.2 Å². The van der Waals surface area contributed by atoms with Crippen LogP contribution in [0, 0.1) is 23.2 Å². The number of aliphatic hydroxyl groups is 3. The summed E-state index contributed by atoms with van der Waals surface area (Å²) in [6, 6.07) is 0. The van der Waals surface area contributed by atoms with Gasteiger partial charge in [0.25, 0.3) is 0 Å². The second-order valence-electron chi connectivity index (χ2n) is 10.4. The zero-order valence-electron chi connectivity index (χ0n) is 24.7. The van der Waals surface area contributed by atoms with E-state index in [4.69, 9.17) is 8.22 Å². The monoisotopic (exact) mass is 422 g/mol. The molecule has 170 valence electrons. The molecule has 0 aromatic heterocycles. The lowest BCUT2D eigenvalue weighted by Crippen LogP contribution is -2.38. The standard InChI is InChI=1S/C27H44O3/c1-18-8-12-22(28)17-21(18)11-10-20-7-6-16-27(5)23(13-14-24(20)27)19(2)9-15-25(29)26(3,4)30/h10-11,19,22-25,28-30H,1,6-9,12-17H2,2-5H3/i3D3,4D3. The van der Waals surface area contributed by atoms with Crippen molar-refractivity contribution in [1.82, 2.24) is 0 Å². The molecule has 3 heteroatoms. The van der Waals surface area contributed by atoms with Crippen LogP contribution in [0.2, 0.25) is 0 Å². The molecule has 0 spiro atoms. The zero-order valence-corrected chi connectivity index (χ0v) is 18.7. The second-order valence-corrected chi connectivity index (χ2v) is 10.4. The number of fused-ring (bicyclic) bond motifs is 1. The molecule has 0 bridgehead atoms. The summed E-state index contributed by atoms with van der Waals surface area (Å²) in [5, 5.41) is 31.2. The predicted molar refractivity (Wildman–Crippen MR) is 124 cm³/mol. The van der Waals surface area contributed by atoms with E-state index in [2.05, 4.69) is 32.6 Å². The first-order valence-electron chi connectivity index (χ1n) is 14.7. The molecule has 3 saturated carbocycles. The lowest BCUT2D eigenvalue weighted by Gasteiger charge is -2.44. The number of aliphatic hydroxyl groups excluding tert-OH is 2. The van der Waals surface area contributed by atoms with Crippen LogP contribution in [-0.4, -0.2) is 33.1 Å². The summed E-state index contributed by atoms with van der Waals surface area (Å²) < 4.78 is 45.4. The van der Waals surface area contributed by atoms with Gasteiger partial charge in [-0.15, -0.1) is 0 Å². The minimum Gasteiger partial charge on any atom is -0.393 e. The van der Waals surface area contributed by atoms with E-state index in [1.165, 1.54) is 5.57 Å². The minimum atomic E-state index is -3.22. The van der Waals surface area contributed by atoms with Gasteiger partial charge < -0.3 is 15.3 Å². The van der Waals surface area contributed by atoms with Crippen LogP contribution in [-0.2, 0) is 0 Å². The van der Waals surface area contributed by atoms with Crippen LogP contribution in [0.15, 0.2) is 35.5 Å². The van der Waals surface area contributed by atoms with Crippen molar-refractivity contribution in [1.29, 1.82) is 0 Å². The van der Waals surface area contributed by atoms with Gasteiger partial charge in [-0.3, -0.25) is 0 Å². The van der Waals surface area contributed by atoms with Gasteiger partial charge in [0.15, 0.2) is 0 Å². The summed E-state index contributed by atoms with van der Waals surface area (Å²) >= 11 is 0. The molecule has 0 aromatic carbocycles. The fourth-order valence-electron chi connectivity index (χ4n) is 6.44. The molecule has 30 heavy (non-hydrogen) atoms. The maximum absolute atomic E-state index is 10.6. The average molecular weight is 423 g/mol. The number of hydrogen-bond donors (Lipinski definition) is 3. The first kappa shape index (κ1) is 16.7. The summed E-state index contributed by atoms with van der Waals surface area (Å²) in [4.78, 5) is 0. The molecule has 6 atom stereocenters. The predicted octanol–water partition coefficient (Wildman–Crippen LogP) is 5.70. The van der Waals surface area contributed by atoms with Gasteiger partial charge in [-0.25, -0.2) is 0 Å². The summed E-state index contributed by atoms with van der Waals surface area (Å²) in [7, 11) is 0. The first-order chi connectivity index (χ1) is 16.5. The molecule has 0 aliphatic heterocycles. The molecule has 6 unspecified atom stereocenters. The summed E-state index contributed by atoms with van der Waals surface area (Å²) in [6.07, 6.45) is 10.2. The van der Waals surface area contributed by atoms with E-state index in [9.17, 15) is 15.3 Å². The maximum atomic E-state index is 10.6. The highest BCUT2D eigenvalue weighted by Crippen LogP contribution is 2.60. The molecule has 3 aliphatic rings. The SMILES string of the molecule is [2H]C([2H])([2H])C(O)(C(O)CCC(C)C1CCC2C(=CC=C3CC(O)CCC3=C)CCCC21C)C([2H])([2H])[2H]. The molecule has 3 nitrogen and oxygen atoms in total. The van der Waals surface area contributed by atoms with E-state index in [-0.39, 0.29) is 23.9 Å². The van der Waals surface area contributed by atoms with Crippen molar-refractivity contribution in [2.75, 3.05) is 0 Å². The summed E-state index contributed by atoms with van der Waals surface area (Å²) in [5.74, 6) is 0.966.